The van der Waals surface area contributed by atoms with Crippen LogP contribution in [-0.4, -0.2) is 52.3 Å². The summed E-state index contributed by atoms with van der Waals surface area (Å²) in [5.41, 5.74) is 5.48. The molecule has 9 nitrogen and oxygen atoms in total. The van der Waals surface area contributed by atoms with Gasteiger partial charge < -0.3 is 34.1 Å². The Morgan fingerprint density at radius 2 is 1.66 bits per heavy atom. The first-order chi connectivity index (χ1) is 21.4. The molecule has 4 atom stereocenters. The van der Waals surface area contributed by atoms with E-state index in [1.807, 2.05) is 61.6 Å². The average molecular weight is 586 g/mol. The molecule has 9 rings (SSSR count). The van der Waals surface area contributed by atoms with Crippen LogP contribution in [0.25, 0.3) is 43.6 Å². The van der Waals surface area contributed by atoms with E-state index in [0.29, 0.717) is 13.0 Å². The molecule has 0 saturated carbocycles. The molecule has 1 saturated heterocycles. The van der Waals surface area contributed by atoms with Crippen molar-refractivity contribution in [2.75, 3.05) is 19.5 Å². The van der Waals surface area contributed by atoms with Gasteiger partial charge in [0.05, 0.1) is 33.7 Å². The van der Waals surface area contributed by atoms with Gasteiger partial charge in [-0.3, -0.25) is 4.79 Å². The Hall–Kier alpha value is -4.86. The van der Waals surface area contributed by atoms with Crippen LogP contribution in [0.2, 0.25) is 0 Å². The number of nitrogens with zero attached hydrogens (tertiary/aromatic N) is 3. The Morgan fingerprint density at radius 3 is 2.41 bits per heavy atom. The molecule has 0 unspecified atom stereocenters. The van der Waals surface area contributed by atoms with Crippen molar-refractivity contribution < 1.29 is 19.1 Å². The van der Waals surface area contributed by atoms with E-state index >= 15 is 0 Å². The van der Waals surface area contributed by atoms with Crippen molar-refractivity contribution in [1.82, 2.24) is 19.4 Å². The largest absolute Gasteiger partial charge is 0.374 e. The fraction of sp³-hybridized carbons (Fsp3) is 0.257. The van der Waals surface area contributed by atoms with Crippen LogP contribution in [0.5, 0.6) is 0 Å². The van der Waals surface area contributed by atoms with Gasteiger partial charge in [-0.1, -0.05) is 54.6 Å². The lowest BCUT2D eigenvalue weighted by Crippen LogP contribution is -2.61. The van der Waals surface area contributed by atoms with E-state index in [9.17, 15) is 9.59 Å². The SMILES string of the molecule is CO[C@@H]1[C@H](N(C)C(=O)Nc2ccccc2)C[C@H]2O[C@]1(C)n1c3ccccc3c3c4c(c5c6ccccc6n2c5c31)C(=O)NC4. The third-order valence-electron chi connectivity index (χ3n) is 10.0. The topological polar surface area (TPSA) is 89.8 Å². The van der Waals surface area contributed by atoms with E-state index in [1.165, 1.54) is 0 Å². The Kier molecular flexibility index (Phi) is 5.15. The Bertz CT molecular complexity index is 2200. The predicted molar refractivity (Wildman–Crippen MR) is 170 cm³/mol. The van der Waals surface area contributed by atoms with Crippen LogP contribution < -0.4 is 10.6 Å². The maximum atomic E-state index is 13.7. The second-order valence-electron chi connectivity index (χ2n) is 12.2. The second kappa shape index (κ2) is 8.84. The number of aromatic nitrogens is 2. The van der Waals surface area contributed by atoms with E-state index < -0.39 is 18.1 Å². The highest BCUT2D eigenvalue weighted by molar-refractivity contribution is 6.31. The molecular formula is C35H31N5O4. The first-order valence-electron chi connectivity index (χ1n) is 15.0. The van der Waals surface area contributed by atoms with Crippen molar-refractivity contribution in [2.24, 2.45) is 0 Å². The van der Waals surface area contributed by atoms with Gasteiger partial charge in [0.25, 0.3) is 5.91 Å². The van der Waals surface area contributed by atoms with Crippen LogP contribution >= 0.6 is 0 Å². The molecule has 0 radical (unpaired) electrons. The van der Waals surface area contributed by atoms with E-state index in [0.717, 1.165) is 60.4 Å². The summed E-state index contributed by atoms with van der Waals surface area (Å²) in [6, 6.07) is 25.5. The molecule has 1 fully saturated rings. The van der Waals surface area contributed by atoms with Crippen molar-refractivity contribution in [3.63, 3.8) is 0 Å². The van der Waals surface area contributed by atoms with Gasteiger partial charge in [-0.25, -0.2) is 4.79 Å². The predicted octanol–water partition coefficient (Wildman–Crippen LogP) is 6.30. The van der Waals surface area contributed by atoms with Crippen LogP contribution in [-0.2, 0) is 21.7 Å². The lowest BCUT2D eigenvalue weighted by atomic mass is 9.92. The van der Waals surface area contributed by atoms with Crippen molar-refractivity contribution in [3.05, 3.63) is 90.0 Å². The standard InChI is InChI=1S/C35H31N5O4/c1-35-32(43-3)25(38(2)34(42)37-19-11-5-4-6-12-19)17-26(44-35)39-23-15-9-7-13-20(23)28-29-22(18-36-33(29)41)27-21-14-8-10-16-24(21)40(35)31(27)30(28)39/h4-16,25-26,32H,17-18H2,1-3H3,(H,36,41)(H,37,42)/t25-,26-,32-,35+/m1/s1. The molecular weight excluding hydrogens is 554 g/mol. The van der Waals surface area contributed by atoms with Gasteiger partial charge in [0, 0.05) is 54.4 Å². The number of hydrogen-bond donors (Lipinski definition) is 2. The molecule has 9 heteroatoms. The molecule has 2 bridgehead atoms. The second-order valence-corrected chi connectivity index (χ2v) is 12.2. The number of nitrogens with one attached hydrogen (secondary N) is 2. The minimum absolute atomic E-state index is 0.0501. The molecule has 220 valence electrons. The molecule has 3 amide bonds. The molecule has 4 aromatic carbocycles. The highest BCUT2D eigenvalue weighted by Gasteiger charge is 2.55. The molecule has 2 aromatic heterocycles. The van der Waals surface area contributed by atoms with Gasteiger partial charge in [-0.05, 0) is 36.8 Å². The summed E-state index contributed by atoms with van der Waals surface area (Å²) < 4.78 is 18.1. The van der Waals surface area contributed by atoms with E-state index in [-0.39, 0.29) is 18.0 Å². The molecule has 2 N–H and O–H groups in total. The number of rotatable bonds is 3. The number of hydrogen-bond acceptors (Lipinski definition) is 4. The third kappa shape index (κ3) is 3.10. The summed E-state index contributed by atoms with van der Waals surface area (Å²) in [7, 11) is 3.52. The van der Waals surface area contributed by atoms with Crippen LogP contribution in [0.3, 0.4) is 0 Å². The minimum Gasteiger partial charge on any atom is -0.374 e. The molecule has 3 aliphatic heterocycles. The van der Waals surface area contributed by atoms with Crippen molar-refractivity contribution in [1.29, 1.82) is 0 Å². The van der Waals surface area contributed by atoms with Crippen LogP contribution in [0.4, 0.5) is 10.5 Å². The van der Waals surface area contributed by atoms with E-state index in [2.05, 4.69) is 51.0 Å². The third-order valence-corrected chi connectivity index (χ3v) is 10.0. The number of fused-ring (bicyclic) bond motifs is 13. The first kappa shape index (κ1) is 25.6. The lowest BCUT2D eigenvalue weighted by molar-refractivity contribution is -0.264. The minimum atomic E-state index is -0.998. The fourth-order valence-electron chi connectivity index (χ4n) is 8.28. The highest BCUT2D eigenvalue weighted by Crippen LogP contribution is 2.54. The normalized spacial score (nSPS) is 23.8. The molecule has 0 aliphatic carbocycles. The van der Waals surface area contributed by atoms with E-state index in [4.69, 9.17) is 9.47 Å². The zero-order valence-electron chi connectivity index (χ0n) is 24.6. The number of likely N-dealkylation sites (N-methyl/N-ethyl adjacent to an activating group) is 1. The summed E-state index contributed by atoms with van der Waals surface area (Å²) in [5, 5.41) is 10.3. The van der Waals surface area contributed by atoms with Crippen LogP contribution in [0.1, 0.15) is 35.5 Å². The average Bonchev–Trinajstić information content (AvgIpc) is 3.68. The van der Waals surface area contributed by atoms with Crippen molar-refractivity contribution >= 4 is 61.2 Å². The number of anilines is 1. The van der Waals surface area contributed by atoms with Gasteiger partial charge in [0.15, 0.2) is 5.72 Å². The highest BCUT2D eigenvalue weighted by atomic mass is 16.6. The molecule has 44 heavy (non-hydrogen) atoms. The number of ether oxygens (including phenoxy) is 2. The molecule has 6 aromatic rings. The fourth-order valence-corrected chi connectivity index (χ4v) is 8.28. The van der Waals surface area contributed by atoms with Crippen molar-refractivity contribution in [2.45, 2.75) is 44.0 Å². The van der Waals surface area contributed by atoms with Gasteiger partial charge >= 0.3 is 6.03 Å². The Balaban J connectivity index is 1.37. The summed E-state index contributed by atoms with van der Waals surface area (Å²) in [6.07, 6.45) is -0.452. The number of para-hydroxylation sites is 3. The molecule has 0 spiro atoms. The summed E-state index contributed by atoms with van der Waals surface area (Å²) in [4.78, 5) is 29.0. The monoisotopic (exact) mass is 585 g/mol. The number of amides is 3. The van der Waals surface area contributed by atoms with Gasteiger partial charge in [0.1, 0.15) is 12.3 Å². The number of carbonyl (C=O) groups is 2. The van der Waals surface area contributed by atoms with Crippen molar-refractivity contribution in [3.8, 4) is 0 Å². The van der Waals surface area contributed by atoms with Gasteiger partial charge in [-0.15, -0.1) is 0 Å². The quantitative estimate of drug-likeness (QED) is 0.255. The number of carbonyl (C=O) groups excluding carboxylic acids is 2. The maximum Gasteiger partial charge on any atom is 0.321 e. The lowest BCUT2D eigenvalue weighted by Gasteiger charge is -2.50. The number of urea groups is 1. The molecule has 5 heterocycles. The smallest absolute Gasteiger partial charge is 0.321 e. The Labute approximate surface area is 252 Å². The maximum absolute atomic E-state index is 13.7. The van der Waals surface area contributed by atoms with Gasteiger partial charge in [0.2, 0.25) is 0 Å². The van der Waals surface area contributed by atoms with E-state index in [1.54, 1.807) is 12.0 Å². The van der Waals surface area contributed by atoms with Crippen LogP contribution in [0, 0.1) is 0 Å². The summed E-state index contributed by atoms with van der Waals surface area (Å²) in [6.45, 7) is 2.54. The van der Waals surface area contributed by atoms with Gasteiger partial charge in [-0.2, -0.15) is 0 Å². The Morgan fingerprint density at radius 1 is 0.977 bits per heavy atom. The number of methoxy groups -OCH3 is 1. The summed E-state index contributed by atoms with van der Waals surface area (Å²) >= 11 is 0. The zero-order chi connectivity index (χ0) is 29.9. The summed E-state index contributed by atoms with van der Waals surface area (Å²) in [5.74, 6) is -0.0501. The molecule has 3 aliphatic rings. The van der Waals surface area contributed by atoms with Crippen LogP contribution in [0.15, 0.2) is 78.9 Å². The number of benzene rings is 4. The first-order valence-corrected chi connectivity index (χ1v) is 15.0. The zero-order valence-corrected chi connectivity index (χ0v) is 24.6.